The number of nitrogens with two attached hydrogens (primary N) is 1. The lowest BCUT2D eigenvalue weighted by molar-refractivity contribution is -0.117. The Kier molecular flexibility index (Phi) is 8.85. The lowest BCUT2D eigenvalue weighted by Crippen LogP contribution is -2.44. The van der Waals surface area contributed by atoms with Crippen molar-refractivity contribution in [3.05, 3.63) is 75.2 Å². The third-order valence-corrected chi connectivity index (χ3v) is 5.19. The van der Waals surface area contributed by atoms with Crippen molar-refractivity contribution in [2.75, 3.05) is 42.8 Å². The van der Waals surface area contributed by atoms with Crippen LogP contribution in [-0.4, -0.2) is 42.3 Å². The number of carbonyl (C=O) groups excluding carboxylic acids is 1. The largest absolute Gasteiger partial charge is 0.455 e. The summed E-state index contributed by atoms with van der Waals surface area (Å²) in [7, 11) is 1.47. The number of rotatable bonds is 11. The SMILES string of the molecule is COCCN(C(=O)CNc1ccccc1Oc1cccc(F)c1)c1c(N)n(CC(C)C)c(=O)[nH]c1=O. The van der Waals surface area contributed by atoms with E-state index in [1.54, 1.807) is 30.3 Å². The second-order valence-corrected chi connectivity index (χ2v) is 8.44. The van der Waals surface area contributed by atoms with E-state index in [9.17, 15) is 18.8 Å². The number of nitrogens with one attached hydrogen (secondary N) is 2. The van der Waals surface area contributed by atoms with Crippen LogP contribution in [0.3, 0.4) is 0 Å². The van der Waals surface area contributed by atoms with E-state index < -0.39 is 23.0 Å². The summed E-state index contributed by atoms with van der Waals surface area (Å²) in [6, 6.07) is 12.5. The van der Waals surface area contributed by atoms with Gasteiger partial charge < -0.3 is 25.4 Å². The van der Waals surface area contributed by atoms with Crippen molar-refractivity contribution in [1.29, 1.82) is 0 Å². The van der Waals surface area contributed by atoms with E-state index >= 15 is 0 Å². The van der Waals surface area contributed by atoms with Crippen molar-refractivity contribution in [1.82, 2.24) is 9.55 Å². The molecule has 1 heterocycles. The molecule has 3 rings (SSSR count). The van der Waals surface area contributed by atoms with Gasteiger partial charge in [0, 0.05) is 26.3 Å². The Morgan fingerprint density at radius 2 is 1.94 bits per heavy atom. The average Bonchev–Trinajstić information content (AvgIpc) is 2.83. The summed E-state index contributed by atoms with van der Waals surface area (Å²) in [5.74, 6) is -0.283. The number of benzene rings is 2. The Bertz CT molecular complexity index is 1320. The first kappa shape index (κ1) is 26.5. The molecule has 36 heavy (non-hydrogen) atoms. The van der Waals surface area contributed by atoms with E-state index in [0.717, 1.165) is 0 Å². The van der Waals surface area contributed by atoms with Crippen LogP contribution in [0, 0.1) is 11.7 Å². The zero-order valence-corrected chi connectivity index (χ0v) is 20.4. The predicted molar refractivity (Wildman–Crippen MR) is 136 cm³/mol. The number of aromatic nitrogens is 2. The van der Waals surface area contributed by atoms with Gasteiger partial charge in [-0.15, -0.1) is 0 Å². The van der Waals surface area contributed by atoms with Gasteiger partial charge in [-0.05, 0) is 30.2 Å². The summed E-state index contributed by atoms with van der Waals surface area (Å²) in [6.45, 7) is 4.01. The van der Waals surface area contributed by atoms with Gasteiger partial charge in [0.25, 0.3) is 5.56 Å². The molecule has 0 aliphatic carbocycles. The summed E-state index contributed by atoms with van der Waals surface area (Å²) < 4.78 is 25.7. The first-order valence-electron chi connectivity index (χ1n) is 11.4. The van der Waals surface area contributed by atoms with Crippen molar-refractivity contribution >= 4 is 23.1 Å². The molecule has 0 unspecified atom stereocenters. The zero-order valence-electron chi connectivity index (χ0n) is 20.4. The van der Waals surface area contributed by atoms with E-state index in [2.05, 4.69) is 10.3 Å². The molecule has 1 aromatic heterocycles. The molecule has 0 bridgehead atoms. The van der Waals surface area contributed by atoms with E-state index in [1.165, 1.54) is 34.8 Å². The fourth-order valence-corrected chi connectivity index (χ4v) is 3.55. The molecule has 11 heteroatoms. The molecule has 2 aromatic carbocycles. The number of nitrogen functional groups attached to an aromatic ring is 1. The van der Waals surface area contributed by atoms with Crippen LogP contribution in [0.25, 0.3) is 0 Å². The second-order valence-electron chi connectivity index (χ2n) is 8.44. The van der Waals surface area contributed by atoms with Gasteiger partial charge in [0.05, 0.1) is 18.8 Å². The highest BCUT2D eigenvalue weighted by atomic mass is 19.1. The normalized spacial score (nSPS) is 10.9. The molecule has 0 fully saturated rings. The summed E-state index contributed by atoms with van der Waals surface area (Å²) in [4.78, 5) is 41.8. The Balaban J connectivity index is 1.87. The minimum atomic E-state index is -0.767. The third-order valence-electron chi connectivity index (χ3n) is 5.19. The summed E-state index contributed by atoms with van der Waals surface area (Å²) in [5.41, 5.74) is 5.16. The van der Waals surface area contributed by atoms with Gasteiger partial charge >= 0.3 is 5.69 Å². The van der Waals surface area contributed by atoms with Crippen molar-refractivity contribution in [3.8, 4) is 11.5 Å². The van der Waals surface area contributed by atoms with Crippen molar-refractivity contribution in [2.45, 2.75) is 20.4 Å². The topological polar surface area (TPSA) is 132 Å². The first-order valence-corrected chi connectivity index (χ1v) is 11.4. The molecule has 192 valence electrons. The van der Waals surface area contributed by atoms with E-state index in [-0.39, 0.29) is 43.7 Å². The highest BCUT2D eigenvalue weighted by molar-refractivity contribution is 5.98. The molecule has 0 spiro atoms. The number of nitrogens with zero attached hydrogens (tertiary/aromatic N) is 2. The van der Waals surface area contributed by atoms with Crippen molar-refractivity contribution < 1.29 is 18.7 Å². The fourth-order valence-electron chi connectivity index (χ4n) is 3.55. The monoisotopic (exact) mass is 499 g/mol. The molecule has 0 atom stereocenters. The smallest absolute Gasteiger partial charge is 0.330 e. The van der Waals surface area contributed by atoms with Gasteiger partial charge in [-0.2, -0.15) is 0 Å². The number of hydrogen-bond acceptors (Lipinski definition) is 7. The van der Waals surface area contributed by atoms with Crippen LogP contribution >= 0.6 is 0 Å². The maximum atomic E-state index is 13.5. The van der Waals surface area contributed by atoms with E-state index in [4.69, 9.17) is 15.2 Å². The Morgan fingerprint density at radius 1 is 1.19 bits per heavy atom. The second kappa shape index (κ2) is 12.0. The first-order chi connectivity index (χ1) is 17.2. The minimum absolute atomic E-state index is 0.0333. The van der Waals surface area contributed by atoms with Crippen LogP contribution in [0.2, 0.25) is 0 Å². The van der Waals surface area contributed by atoms with Gasteiger partial charge in [-0.3, -0.25) is 19.1 Å². The Labute approximate surface area is 207 Å². The zero-order chi connectivity index (χ0) is 26.2. The lowest BCUT2D eigenvalue weighted by Gasteiger charge is -2.25. The molecule has 4 N–H and O–H groups in total. The number of hydrogen-bond donors (Lipinski definition) is 3. The number of methoxy groups -OCH3 is 1. The quantitative estimate of drug-likeness (QED) is 0.370. The van der Waals surface area contributed by atoms with E-state index in [0.29, 0.717) is 17.2 Å². The molecule has 0 saturated heterocycles. The molecule has 1 amide bonds. The summed E-state index contributed by atoms with van der Waals surface area (Å²) >= 11 is 0. The maximum absolute atomic E-state index is 13.5. The molecule has 0 aliphatic rings. The van der Waals surface area contributed by atoms with Crippen LogP contribution in [-0.2, 0) is 16.1 Å². The van der Waals surface area contributed by atoms with Gasteiger partial charge in [0.15, 0.2) is 11.4 Å². The molecule has 0 saturated carbocycles. The Morgan fingerprint density at radius 3 is 2.64 bits per heavy atom. The number of halogens is 1. The number of ether oxygens (including phenoxy) is 2. The van der Waals surface area contributed by atoms with Gasteiger partial charge in [0.1, 0.15) is 17.4 Å². The van der Waals surface area contributed by atoms with Crippen LogP contribution in [0.4, 0.5) is 21.6 Å². The van der Waals surface area contributed by atoms with Crippen molar-refractivity contribution in [3.63, 3.8) is 0 Å². The predicted octanol–water partition coefficient (Wildman–Crippen LogP) is 2.80. The van der Waals surface area contributed by atoms with Crippen LogP contribution in [0.15, 0.2) is 58.1 Å². The number of amides is 1. The number of carbonyl (C=O) groups is 1. The molecular formula is C25H30FN5O5. The average molecular weight is 500 g/mol. The standard InChI is InChI=1S/C25H30FN5O5/c1-16(2)15-31-23(27)22(24(33)29-25(31)34)30(11-12-35-3)21(32)14-28-19-9-4-5-10-20(19)36-18-8-6-7-17(26)13-18/h4-10,13,16,28H,11-12,14-15,27H2,1-3H3,(H,29,33,34). The number of H-pyrrole nitrogens is 1. The Hall–Kier alpha value is -4.12. The molecule has 0 radical (unpaired) electrons. The fraction of sp³-hybridized carbons (Fsp3) is 0.320. The number of para-hydroxylation sites is 2. The van der Waals surface area contributed by atoms with Gasteiger partial charge in [-0.25, -0.2) is 9.18 Å². The number of aromatic amines is 1. The highest BCUT2D eigenvalue weighted by Gasteiger charge is 2.24. The van der Waals surface area contributed by atoms with Gasteiger partial charge in [0.2, 0.25) is 5.91 Å². The maximum Gasteiger partial charge on any atom is 0.330 e. The molecule has 0 aliphatic heterocycles. The molecule has 3 aromatic rings. The minimum Gasteiger partial charge on any atom is -0.455 e. The van der Waals surface area contributed by atoms with Crippen LogP contribution in [0.1, 0.15) is 13.8 Å². The summed E-state index contributed by atoms with van der Waals surface area (Å²) in [5, 5.41) is 3.00. The summed E-state index contributed by atoms with van der Waals surface area (Å²) in [6.07, 6.45) is 0. The molecule has 10 nitrogen and oxygen atoms in total. The van der Waals surface area contributed by atoms with Crippen molar-refractivity contribution in [2.24, 2.45) is 5.92 Å². The lowest BCUT2D eigenvalue weighted by atomic mass is 10.2. The number of anilines is 3. The van der Waals surface area contributed by atoms with E-state index in [1.807, 2.05) is 13.8 Å². The molecular weight excluding hydrogens is 469 g/mol. The van der Waals surface area contributed by atoms with Crippen LogP contribution in [0.5, 0.6) is 11.5 Å². The highest BCUT2D eigenvalue weighted by Crippen LogP contribution is 2.29. The van der Waals surface area contributed by atoms with Crippen LogP contribution < -0.4 is 31.9 Å². The third kappa shape index (κ3) is 6.51. The van der Waals surface area contributed by atoms with Gasteiger partial charge in [-0.1, -0.05) is 32.0 Å².